The number of benzene rings is 2. The SMILES string of the molecule is N#C/C(=C/NCCc1ccc(Cl)cc1)C(=O)Nc1ccc(N)c(Cl)c1. The molecule has 25 heavy (non-hydrogen) atoms. The van der Waals surface area contributed by atoms with Gasteiger partial charge in [0.15, 0.2) is 0 Å². The van der Waals surface area contributed by atoms with Crippen molar-refractivity contribution < 1.29 is 4.79 Å². The van der Waals surface area contributed by atoms with Gasteiger partial charge >= 0.3 is 0 Å². The Kier molecular flexibility index (Phi) is 6.70. The van der Waals surface area contributed by atoms with E-state index in [0.717, 1.165) is 12.0 Å². The van der Waals surface area contributed by atoms with Gasteiger partial charge in [-0.3, -0.25) is 4.79 Å². The van der Waals surface area contributed by atoms with Crippen LogP contribution < -0.4 is 16.4 Å². The summed E-state index contributed by atoms with van der Waals surface area (Å²) in [5.41, 5.74) is 7.56. The molecule has 2 rings (SSSR count). The van der Waals surface area contributed by atoms with Crippen LogP contribution in [0.4, 0.5) is 11.4 Å². The number of nitrogens with zero attached hydrogens (tertiary/aromatic N) is 1. The Morgan fingerprint density at radius 1 is 1.20 bits per heavy atom. The molecule has 0 unspecified atom stereocenters. The quantitative estimate of drug-likeness (QED) is 0.310. The first-order valence-electron chi connectivity index (χ1n) is 7.44. The van der Waals surface area contributed by atoms with Gasteiger partial charge in [0, 0.05) is 23.5 Å². The maximum absolute atomic E-state index is 12.1. The van der Waals surface area contributed by atoms with Crippen LogP contribution >= 0.6 is 23.2 Å². The van der Waals surface area contributed by atoms with E-state index in [4.69, 9.17) is 34.2 Å². The van der Waals surface area contributed by atoms with Crippen molar-refractivity contribution in [3.8, 4) is 6.07 Å². The Bertz CT molecular complexity index is 826. The minimum absolute atomic E-state index is 0.0379. The summed E-state index contributed by atoms with van der Waals surface area (Å²) in [6.07, 6.45) is 2.13. The van der Waals surface area contributed by atoms with Gasteiger partial charge in [-0.25, -0.2) is 0 Å². The summed E-state index contributed by atoms with van der Waals surface area (Å²) in [6.45, 7) is 0.577. The summed E-state index contributed by atoms with van der Waals surface area (Å²) in [6, 6.07) is 14.1. The number of amides is 1. The molecule has 0 radical (unpaired) electrons. The number of carbonyl (C=O) groups excluding carboxylic acids is 1. The Balaban J connectivity index is 1.90. The van der Waals surface area contributed by atoms with E-state index in [1.807, 2.05) is 30.3 Å². The lowest BCUT2D eigenvalue weighted by Gasteiger charge is -2.07. The zero-order valence-corrected chi connectivity index (χ0v) is 14.7. The van der Waals surface area contributed by atoms with Gasteiger partial charge in [-0.05, 0) is 42.3 Å². The molecule has 0 saturated heterocycles. The highest BCUT2D eigenvalue weighted by Crippen LogP contribution is 2.22. The van der Waals surface area contributed by atoms with E-state index < -0.39 is 5.91 Å². The number of hydrogen-bond donors (Lipinski definition) is 3. The molecule has 0 aliphatic heterocycles. The van der Waals surface area contributed by atoms with Crippen LogP contribution in [0.5, 0.6) is 0 Å². The van der Waals surface area contributed by atoms with Crippen LogP contribution in [-0.4, -0.2) is 12.5 Å². The van der Waals surface area contributed by atoms with Crippen molar-refractivity contribution in [1.29, 1.82) is 5.26 Å². The Labute approximate surface area is 156 Å². The van der Waals surface area contributed by atoms with Gasteiger partial charge < -0.3 is 16.4 Å². The summed E-state index contributed by atoms with van der Waals surface area (Å²) in [5, 5.41) is 15.7. The molecule has 0 heterocycles. The molecule has 128 valence electrons. The number of nitrogen functional groups attached to an aromatic ring is 1. The van der Waals surface area contributed by atoms with Crippen molar-refractivity contribution >= 4 is 40.5 Å². The molecule has 2 aromatic carbocycles. The second-order valence-electron chi connectivity index (χ2n) is 5.19. The van der Waals surface area contributed by atoms with Crippen LogP contribution in [0.25, 0.3) is 0 Å². The molecular formula is C18H16Cl2N4O. The first-order chi connectivity index (χ1) is 12.0. The fraction of sp³-hybridized carbons (Fsp3) is 0.111. The minimum Gasteiger partial charge on any atom is -0.398 e. The third kappa shape index (κ3) is 5.71. The average molecular weight is 375 g/mol. The van der Waals surface area contributed by atoms with Crippen LogP contribution in [0, 0.1) is 11.3 Å². The smallest absolute Gasteiger partial charge is 0.267 e. The van der Waals surface area contributed by atoms with Gasteiger partial charge in [-0.15, -0.1) is 0 Å². The molecule has 0 aliphatic carbocycles. The van der Waals surface area contributed by atoms with Crippen LogP contribution in [0.15, 0.2) is 54.2 Å². The van der Waals surface area contributed by atoms with Crippen molar-refractivity contribution in [1.82, 2.24) is 5.32 Å². The van der Waals surface area contributed by atoms with Gasteiger partial charge in [0.25, 0.3) is 5.91 Å². The maximum atomic E-state index is 12.1. The molecule has 0 fully saturated rings. The lowest BCUT2D eigenvalue weighted by molar-refractivity contribution is -0.112. The van der Waals surface area contributed by atoms with Crippen molar-refractivity contribution in [2.75, 3.05) is 17.6 Å². The fourth-order valence-corrected chi connectivity index (χ4v) is 2.30. The fourth-order valence-electron chi connectivity index (χ4n) is 1.99. The zero-order valence-electron chi connectivity index (χ0n) is 13.2. The zero-order chi connectivity index (χ0) is 18.2. The van der Waals surface area contributed by atoms with Crippen molar-refractivity contribution in [3.63, 3.8) is 0 Å². The van der Waals surface area contributed by atoms with Gasteiger partial charge in [-0.2, -0.15) is 5.26 Å². The molecule has 0 atom stereocenters. The predicted molar refractivity (Wildman–Crippen MR) is 101 cm³/mol. The molecule has 0 aliphatic rings. The second-order valence-corrected chi connectivity index (χ2v) is 6.03. The van der Waals surface area contributed by atoms with Crippen LogP contribution in [-0.2, 0) is 11.2 Å². The predicted octanol–water partition coefficient (Wildman–Crippen LogP) is 3.75. The normalized spacial score (nSPS) is 10.8. The molecule has 1 amide bonds. The molecule has 7 heteroatoms. The molecule has 4 N–H and O–H groups in total. The molecule has 2 aromatic rings. The van der Waals surface area contributed by atoms with Gasteiger partial charge in [0.1, 0.15) is 11.6 Å². The molecule has 5 nitrogen and oxygen atoms in total. The molecule has 0 aromatic heterocycles. The summed E-state index contributed by atoms with van der Waals surface area (Å²) < 4.78 is 0. The third-order valence-corrected chi connectivity index (χ3v) is 3.92. The highest BCUT2D eigenvalue weighted by atomic mass is 35.5. The number of nitrogens with two attached hydrogens (primary N) is 1. The lowest BCUT2D eigenvalue weighted by Crippen LogP contribution is -2.18. The molecular weight excluding hydrogens is 359 g/mol. The van der Waals surface area contributed by atoms with Crippen molar-refractivity contribution in [3.05, 3.63) is 69.8 Å². The molecule has 0 saturated carbocycles. The summed E-state index contributed by atoms with van der Waals surface area (Å²) in [5.74, 6) is -0.526. The lowest BCUT2D eigenvalue weighted by atomic mass is 10.1. The number of anilines is 2. The molecule has 0 bridgehead atoms. The Hall–Kier alpha value is -2.68. The minimum atomic E-state index is -0.526. The van der Waals surface area contributed by atoms with Crippen molar-refractivity contribution in [2.45, 2.75) is 6.42 Å². The number of nitrogens with one attached hydrogen (secondary N) is 2. The van der Waals surface area contributed by atoms with E-state index in [1.54, 1.807) is 12.1 Å². The number of carbonyl (C=O) groups is 1. The van der Waals surface area contributed by atoms with Crippen LogP contribution in [0.3, 0.4) is 0 Å². The Morgan fingerprint density at radius 2 is 1.92 bits per heavy atom. The summed E-state index contributed by atoms with van der Waals surface area (Å²) in [7, 11) is 0. The van der Waals surface area contributed by atoms with E-state index in [9.17, 15) is 4.79 Å². The van der Waals surface area contributed by atoms with E-state index in [0.29, 0.717) is 28.0 Å². The average Bonchev–Trinajstić information content (AvgIpc) is 2.59. The van der Waals surface area contributed by atoms with Gasteiger partial charge in [0.2, 0.25) is 0 Å². The standard InChI is InChI=1S/C18H16Cl2N4O/c19-14-3-1-12(2-4-14)7-8-23-11-13(10-21)18(25)24-15-5-6-17(22)16(20)9-15/h1-6,9,11,23H,7-8,22H2,(H,24,25)/b13-11-. The van der Waals surface area contributed by atoms with Crippen LogP contribution in [0.2, 0.25) is 10.0 Å². The first-order valence-corrected chi connectivity index (χ1v) is 8.19. The monoisotopic (exact) mass is 374 g/mol. The number of rotatable bonds is 6. The number of nitriles is 1. The second kappa shape index (κ2) is 8.97. The van der Waals surface area contributed by atoms with E-state index in [-0.39, 0.29) is 5.57 Å². The summed E-state index contributed by atoms with van der Waals surface area (Å²) >= 11 is 11.7. The highest BCUT2D eigenvalue weighted by molar-refractivity contribution is 6.33. The van der Waals surface area contributed by atoms with E-state index in [2.05, 4.69) is 10.6 Å². The number of halogens is 2. The Morgan fingerprint density at radius 3 is 2.56 bits per heavy atom. The molecule has 0 spiro atoms. The summed E-state index contributed by atoms with van der Waals surface area (Å²) in [4.78, 5) is 12.1. The third-order valence-electron chi connectivity index (χ3n) is 3.34. The highest BCUT2D eigenvalue weighted by Gasteiger charge is 2.10. The van der Waals surface area contributed by atoms with E-state index in [1.165, 1.54) is 12.3 Å². The van der Waals surface area contributed by atoms with Gasteiger partial charge in [0.05, 0.1) is 10.7 Å². The number of hydrogen-bond acceptors (Lipinski definition) is 4. The van der Waals surface area contributed by atoms with Gasteiger partial charge in [-0.1, -0.05) is 35.3 Å². The largest absolute Gasteiger partial charge is 0.398 e. The van der Waals surface area contributed by atoms with Crippen molar-refractivity contribution in [2.24, 2.45) is 0 Å². The maximum Gasteiger partial charge on any atom is 0.267 e. The first kappa shape index (κ1) is 18.7. The van der Waals surface area contributed by atoms with E-state index >= 15 is 0 Å². The topological polar surface area (TPSA) is 90.9 Å². The van der Waals surface area contributed by atoms with Crippen LogP contribution in [0.1, 0.15) is 5.56 Å².